The summed E-state index contributed by atoms with van der Waals surface area (Å²) in [7, 11) is 3.18. The molecule has 2 aromatic rings. The van der Waals surface area contributed by atoms with Gasteiger partial charge in [-0.05, 0) is 29.8 Å². The number of methoxy groups -OCH3 is 2. The van der Waals surface area contributed by atoms with Crippen LogP contribution in [-0.2, 0) is 6.42 Å². The van der Waals surface area contributed by atoms with Gasteiger partial charge < -0.3 is 9.47 Å². The van der Waals surface area contributed by atoms with Gasteiger partial charge in [0.15, 0.2) is 11.5 Å². The number of anilines is 1. The Bertz CT molecular complexity index is 699. The lowest BCUT2D eigenvalue weighted by atomic mass is 10.1. The lowest BCUT2D eigenvalue weighted by molar-refractivity contribution is -0.384. The molecular weight excluding hydrogens is 298 g/mol. The van der Waals surface area contributed by atoms with Gasteiger partial charge >= 0.3 is 0 Å². The number of nitro benzene ring substituents is 1. The van der Waals surface area contributed by atoms with E-state index >= 15 is 0 Å². The van der Waals surface area contributed by atoms with Gasteiger partial charge in [-0.1, -0.05) is 6.07 Å². The molecule has 0 aliphatic rings. The Hall–Kier alpha value is -3.09. The van der Waals surface area contributed by atoms with Gasteiger partial charge in [0.2, 0.25) is 0 Å². The van der Waals surface area contributed by atoms with Crippen molar-refractivity contribution in [2.45, 2.75) is 6.42 Å². The predicted octanol–water partition coefficient (Wildman–Crippen LogP) is 3.25. The fourth-order valence-corrected chi connectivity index (χ4v) is 1.94. The molecule has 7 heteroatoms. The van der Waals surface area contributed by atoms with Crippen LogP contribution < -0.4 is 14.9 Å². The highest BCUT2D eigenvalue weighted by Crippen LogP contribution is 2.27. The van der Waals surface area contributed by atoms with Crippen LogP contribution in [0.3, 0.4) is 0 Å². The SMILES string of the molecule is COc1ccc(C/C=N\Nc2ccc([N+](=O)[O-])cc2)cc1OC. The third kappa shape index (κ3) is 4.44. The standard InChI is InChI=1S/C16H17N3O4/c1-22-15-8-3-12(11-16(15)23-2)9-10-17-18-13-4-6-14(7-5-13)19(20)21/h3-8,10-11,18H,9H2,1-2H3/b17-10-. The van der Waals surface area contributed by atoms with Crippen LogP contribution in [0.5, 0.6) is 11.5 Å². The van der Waals surface area contributed by atoms with Crippen LogP contribution in [0.15, 0.2) is 47.6 Å². The molecule has 23 heavy (non-hydrogen) atoms. The van der Waals surface area contributed by atoms with Crippen molar-refractivity contribution in [2.75, 3.05) is 19.6 Å². The molecule has 0 radical (unpaired) electrons. The Balaban J connectivity index is 1.92. The second-order valence-corrected chi connectivity index (χ2v) is 4.62. The van der Waals surface area contributed by atoms with Crippen molar-refractivity contribution in [3.63, 3.8) is 0 Å². The highest BCUT2D eigenvalue weighted by molar-refractivity contribution is 5.64. The van der Waals surface area contributed by atoms with Gasteiger partial charge in [0.1, 0.15) is 0 Å². The van der Waals surface area contributed by atoms with Gasteiger partial charge in [0.05, 0.1) is 24.8 Å². The molecule has 0 saturated carbocycles. The molecule has 0 bridgehead atoms. The maximum atomic E-state index is 10.6. The average molecular weight is 315 g/mol. The molecule has 2 rings (SSSR count). The van der Waals surface area contributed by atoms with Gasteiger partial charge in [0, 0.05) is 24.8 Å². The number of hydrazone groups is 1. The lowest BCUT2D eigenvalue weighted by Crippen LogP contribution is -1.95. The molecule has 120 valence electrons. The van der Waals surface area contributed by atoms with Crippen LogP contribution in [0.2, 0.25) is 0 Å². The fraction of sp³-hybridized carbons (Fsp3) is 0.188. The summed E-state index contributed by atoms with van der Waals surface area (Å²) >= 11 is 0. The van der Waals surface area contributed by atoms with Gasteiger partial charge in [-0.25, -0.2) is 0 Å². The van der Waals surface area contributed by atoms with Crippen LogP contribution in [0.4, 0.5) is 11.4 Å². The van der Waals surface area contributed by atoms with Crippen molar-refractivity contribution in [1.29, 1.82) is 0 Å². The number of nitrogens with zero attached hydrogens (tertiary/aromatic N) is 2. The minimum atomic E-state index is -0.440. The third-order valence-corrected chi connectivity index (χ3v) is 3.14. The molecule has 0 atom stereocenters. The van der Waals surface area contributed by atoms with Crippen molar-refractivity contribution in [3.05, 3.63) is 58.1 Å². The second kappa shape index (κ2) is 7.79. The molecule has 0 spiro atoms. The normalized spacial score (nSPS) is 10.5. The Kier molecular flexibility index (Phi) is 5.51. The molecule has 1 N–H and O–H groups in total. The number of ether oxygens (including phenoxy) is 2. The first-order chi connectivity index (χ1) is 11.1. The molecule has 0 unspecified atom stereocenters. The van der Waals surface area contributed by atoms with E-state index in [9.17, 15) is 10.1 Å². The number of hydrogen-bond donors (Lipinski definition) is 1. The van der Waals surface area contributed by atoms with Crippen molar-refractivity contribution < 1.29 is 14.4 Å². The number of rotatable bonds is 7. The molecule has 0 saturated heterocycles. The topological polar surface area (TPSA) is 86.0 Å². The monoisotopic (exact) mass is 315 g/mol. The van der Waals surface area contributed by atoms with Gasteiger partial charge in [-0.15, -0.1) is 0 Å². The predicted molar refractivity (Wildman–Crippen MR) is 88.5 cm³/mol. The summed E-state index contributed by atoms with van der Waals surface area (Å²) in [5.74, 6) is 1.35. The highest BCUT2D eigenvalue weighted by Gasteiger charge is 2.04. The number of hydrogen-bond acceptors (Lipinski definition) is 6. The zero-order valence-corrected chi connectivity index (χ0v) is 12.9. The van der Waals surface area contributed by atoms with E-state index in [1.807, 2.05) is 18.2 Å². The molecule has 0 aliphatic carbocycles. The maximum Gasteiger partial charge on any atom is 0.269 e. The average Bonchev–Trinajstić information content (AvgIpc) is 2.58. The smallest absolute Gasteiger partial charge is 0.269 e. The quantitative estimate of drug-likeness (QED) is 0.481. The first kappa shape index (κ1) is 16.3. The molecule has 0 heterocycles. The number of benzene rings is 2. The molecule has 0 aliphatic heterocycles. The summed E-state index contributed by atoms with van der Waals surface area (Å²) in [4.78, 5) is 10.1. The van der Waals surface area contributed by atoms with Crippen LogP contribution in [0.1, 0.15) is 5.56 Å². The molecular formula is C16H17N3O4. The van der Waals surface area contributed by atoms with E-state index in [-0.39, 0.29) is 5.69 Å². The van der Waals surface area contributed by atoms with E-state index in [2.05, 4.69) is 10.5 Å². The van der Waals surface area contributed by atoms with Crippen LogP contribution >= 0.6 is 0 Å². The zero-order chi connectivity index (χ0) is 16.7. The zero-order valence-electron chi connectivity index (χ0n) is 12.9. The van der Waals surface area contributed by atoms with Gasteiger partial charge in [0.25, 0.3) is 5.69 Å². The van der Waals surface area contributed by atoms with E-state index < -0.39 is 4.92 Å². The Morgan fingerprint density at radius 2 is 1.83 bits per heavy atom. The number of nitrogens with one attached hydrogen (secondary N) is 1. The van der Waals surface area contributed by atoms with E-state index in [4.69, 9.17) is 9.47 Å². The van der Waals surface area contributed by atoms with Crippen LogP contribution in [0, 0.1) is 10.1 Å². The minimum absolute atomic E-state index is 0.0462. The molecule has 0 aromatic heterocycles. The summed E-state index contributed by atoms with van der Waals surface area (Å²) in [6.07, 6.45) is 2.32. The first-order valence-electron chi connectivity index (χ1n) is 6.87. The summed E-state index contributed by atoms with van der Waals surface area (Å²) in [6.45, 7) is 0. The van der Waals surface area contributed by atoms with Crippen molar-refractivity contribution >= 4 is 17.6 Å². The van der Waals surface area contributed by atoms with Gasteiger partial charge in [-0.2, -0.15) is 5.10 Å². The Labute approximate surface area is 133 Å². The lowest BCUT2D eigenvalue weighted by Gasteiger charge is -2.08. The van der Waals surface area contributed by atoms with Crippen LogP contribution in [-0.4, -0.2) is 25.4 Å². The first-order valence-corrected chi connectivity index (χ1v) is 6.87. The van der Waals surface area contributed by atoms with Crippen molar-refractivity contribution in [1.82, 2.24) is 0 Å². The van der Waals surface area contributed by atoms with E-state index in [1.54, 1.807) is 32.6 Å². The molecule has 0 amide bonds. The second-order valence-electron chi connectivity index (χ2n) is 4.62. The molecule has 0 fully saturated rings. The Morgan fingerprint density at radius 1 is 1.13 bits per heavy atom. The summed E-state index contributed by atoms with van der Waals surface area (Å²) in [5, 5.41) is 14.7. The van der Waals surface area contributed by atoms with Crippen LogP contribution in [0.25, 0.3) is 0 Å². The fourth-order valence-electron chi connectivity index (χ4n) is 1.94. The van der Waals surface area contributed by atoms with E-state index in [1.165, 1.54) is 12.1 Å². The molecule has 7 nitrogen and oxygen atoms in total. The highest BCUT2D eigenvalue weighted by atomic mass is 16.6. The number of non-ortho nitro benzene ring substituents is 1. The largest absolute Gasteiger partial charge is 0.493 e. The van der Waals surface area contributed by atoms with Crippen molar-refractivity contribution in [2.24, 2.45) is 5.10 Å². The summed E-state index contributed by atoms with van der Waals surface area (Å²) in [5.41, 5.74) is 4.57. The Morgan fingerprint density at radius 3 is 2.43 bits per heavy atom. The third-order valence-electron chi connectivity index (χ3n) is 3.14. The molecule has 2 aromatic carbocycles. The minimum Gasteiger partial charge on any atom is -0.493 e. The van der Waals surface area contributed by atoms with E-state index in [0.717, 1.165) is 5.56 Å². The summed E-state index contributed by atoms with van der Waals surface area (Å²) in [6, 6.07) is 11.7. The van der Waals surface area contributed by atoms with E-state index in [0.29, 0.717) is 23.6 Å². The maximum absolute atomic E-state index is 10.6. The van der Waals surface area contributed by atoms with Crippen molar-refractivity contribution in [3.8, 4) is 11.5 Å². The number of nitro groups is 1. The van der Waals surface area contributed by atoms with Gasteiger partial charge in [-0.3, -0.25) is 15.5 Å². The summed E-state index contributed by atoms with van der Waals surface area (Å²) < 4.78 is 10.4.